The van der Waals surface area contributed by atoms with Gasteiger partial charge in [-0.05, 0) is 24.3 Å². The molecule has 2 aromatic rings. The number of nitrogens with zero attached hydrogens (tertiary/aromatic N) is 5. The molecule has 0 saturated heterocycles. The van der Waals surface area contributed by atoms with Crippen molar-refractivity contribution >= 4 is 23.0 Å². The number of amidine groups is 1. The monoisotopic (exact) mass is 332 g/mol. The van der Waals surface area contributed by atoms with E-state index < -0.39 is 0 Å². The van der Waals surface area contributed by atoms with Crippen LogP contribution in [0.2, 0.25) is 0 Å². The van der Waals surface area contributed by atoms with E-state index in [9.17, 15) is 0 Å². The average Bonchev–Trinajstić information content (AvgIpc) is 3.03. The lowest BCUT2D eigenvalue weighted by molar-refractivity contribution is 0.686. The summed E-state index contributed by atoms with van der Waals surface area (Å²) in [5.41, 5.74) is 11.8. The number of nitriles is 1. The molecule has 25 heavy (non-hydrogen) atoms. The first kappa shape index (κ1) is 16.1. The summed E-state index contributed by atoms with van der Waals surface area (Å²) in [4.78, 5) is 4.23. The highest BCUT2D eigenvalue weighted by molar-refractivity contribution is 6.70. The van der Waals surface area contributed by atoms with E-state index in [-0.39, 0.29) is 11.5 Å². The number of aliphatic imine (C=N–C) groups is 1. The van der Waals surface area contributed by atoms with Gasteiger partial charge in [0.2, 0.25) is 0 Å². The molecule has 124 valence electrons. The molecule has 0 fully saturated rings. The molecule has 8 nitrogen and oxygen atoms in total. The Morgan fingerprint density at radius 3 is 2.96 bits per heavy atom. The number of aryl methyl sites for hydroxylation is 1. The van der Waals surface area contributed by atoms with E-state index in [4.69, 9.17) is 16.4 Å². The number of rotatable bonds is 4. The predicted molar refractivity (Wildman–Crippen MR) is 96.0 cm³/mol. The molecule has 0 radical (unpaired) electrons. The zero-order valence-electron chi connectivity index (χ0n) is 13.6. The predicted octanol–water partition coefficient (Wildman–Crippen LogP) is 1.17. The van der Waals surface area contributed by atoms with Crippen molar-refractivity contribution in [1.82, 2.24) is 15.2 Å². The summed E-state index contributed by atoms with van der Waals surface area (Å²) in [6.07, 6.45) is 3.51. The minimum Gasteiger partial charge on any atom is -0.382 e. The third kappa shape index (κ3) is 3.61. The second kappa shape index (κ2) is 6.80. The highest BCUT2D eigenvalue weighted by atomic mass is 15.3. The summed E-state index contributed by atoms with van der Waals surface area (Å²) in [7, 11) is 1.84. The van der Waals surface area contributed by atoms with Gasteiger partial charge in [0.15, 0.2) is 5.84 Å². The van der Waals surface area contributed by atoms with Gasteiger partial charge < -0.3 is 11.2 Å². The molecule has 0 bridgehead atoms. The summed E-state index contributed by atoms with van der Waals surface area (Å²) < 4.78 is 1.71. The SMILES string of the molecule is Cn1ccc(CN/N=C2/C=C(c3cccc(C#N)c3)N=C(N)C2=N)n1. The topological polar surface area (TPSA) is 128 Å². The highest BCUT2D eigenvalue weighted by Crippen LogP contribution is 2.20. The van der Waals surface area contributed by atoms with Gasteiger partial charge in [0, 0.05) is 18.8 Å². The summed E-state index contributed by atoms with van der Waals surface area (Å²) in [5.74, 6) is 0.0817. The van der Waals surface area contributed by atoms with Gasteiger partial charge >= 0.3 is 0 Å². The van der Waals surface area contributed by atoms with Crippen molar-refractivity contribution in [3.8, 4) is 6.07 Å². The van der Waals surface area contributed by atoms with Crippen LogP contribution in [0.5, 0.6) is 0 Å². The molecule has 4 N–H and O–H groups in total. The minimum absolute atomic E-state index is 0.0497. The third-order valence-electron chi connectivity index (χ3n) is 3.54. The maximum absolute atomic E-state index is 9.03. The molecule has 0 aliphatic carbocycles. The van der Waals surface area contributed by atoms with Crippen LogP contribution in [0.4, 0.5) is 0 Å². The first-order valence-electron chi connectivity index (χ1n) is 7.51. The van der Waals surface area contributed by atoms with Crippen molar-refractivity contribution in [2.24, 2.45) is 22.9 Å². The van der Waals surface area contributed by atoms with Crippen LogP contribution in [0.15, 0.2) is 52.7 Å². The molecular weight excluding hydrogens is 316 g/mol. The van der Waals surface area contributed by atoms with Gasteiger partial charge in [0.1, 0.15) is 11.4 Å². The molecule has 1 aromatic heterocycles. The van der Waals surface area contributed by atoms with Crippen molar-refractivity contribution in [3.63, 3.8) is 0 Å². The summed E-state index contributed by atoms with van der Waals surface area (Å²) in [6, 6.07) is 11.0. The number of nitrogens with two attached hydrogens (primary N) is 1. The van der Waals surface area contributed by atoms with Crippen molar-refractivity contribution in [2.75, 3.05) is 0 Å². The highest BCUT2D eigenvalue weighted by Gasteiger charge is 2.18. The molecule has 0 unspecified atom stereocenters. The fourth-order valence-corrected chi connectivity index (χ4v) is 2.30. The average molecular weight is 332 g/mol. The first-order chi connectivity index (χ1) is 12.1. The molecule has 8 heteroatoms. The molecular formula is C17H16N8. The fourth-order valence-electron chi connectivity index (χ4n) is 2.30. The van der Waals surface area contributed by atoms with E-state index in [0.717, 1.165) is 11.3 Å². The van der Waals surface area contributed by atoms with E-state index in [1.165, 1.54) is 0 Å². The van der Waals surface area contributed by atoms with Crippen LogP contribution in [0.1, 0.15) is 16.8 Å². The van der Waals surface area contributed by atoms with E-state index >= 15 is 0 Å². The number of hydrogen-bond donors (Lipinski definition) is 3. The normalized spacial score (nSPS) is 15.5. The number of hydrazone groups is 1. The van der Waals surface area contributed by atoms with Crippen molar-refractivity contribution in [2.45, 2.75) is 6.54 Å². The quantitative estimate of drug-likeness (QED) is 0.726. The van der Waals surface area contributed by atoms with E-state index in [1.54, 1.807) is 29.0 Å². The van der Waals surface area contributed by atoms with Crippen LogP contribution in [0.25, 0.3) is 5.70 Å². The molecule has 3 rings (SSSR count). The number of hydrogen-bond acceptors (Lipinski definition) is 7. The maximum atomic E-state index is 9.03. The largest absolute Gasteiger partial charge is 0.382 e. The maximum Gasteiger partial charge on any atom is 0.151 e. The van der Waals surface area contributed by atoms with Crippen molar-refractivity contribution in [3.05, 3.63) is 59.4 Å². The van der Waals surface area contributed by atoms with E-state index in [0.29, 0.717) is 23.5 Å². The number of allylic oxidation sites excluding steroid dienone is 1. The summed E-state index contributed by atoms with van der Waals surface area (Å²) in [6.45, 7) is 0.432. The molecule has 0 atom stereocenters. The van der Waals surface area contributed by atoms with E-state index in [1.807, 2.05) is 25.4 Å². The Hall–Kier alpha value is -3.73. The van der Waals surface area contributed by atoms with Crippen LogP contribution >= 0.6 is 0 Å². The fraction of sp³-hybridized carbons (Fsp3) is 0.118. The Kier molecular flexibility index (Phi) is 4.39. The van der Waals surface area contributed by atoms with Crippen molar-refractivity contribution in [1.29, 1.82) is 10.7 Å². The van der Waals surface area contributed by atoms with Crippen LogP contribution < -0.4 is 11.2 Å². The molecule has 1 aliphatic heterocycles. The molecule has 1 aromatic carbocycles. The van der Waals surface area contributed by atoms with E-state index in [2.05, 4.69) is 26.7 Å². The molecule has 0 spiro atoms. The van der Waals surface area contributed by atoms with Gasteiger partial charge in [-0.1, -0.05) is 12.1 Å². The third-order valence-corrected chi connectivity index (χ3v) is 3.54. The zero-order chi connectivity index (χ0) is 17.8. The second-order valence-electron chi connectivity index (χ2n) is 5.41. The Labute approximate surface area is 144 Å². The first-order valence-corrected chi connectivity index (χ1v) is 7.51. The Morgan fingerprint density at radius 2 is 2.24 bits per heavy atom. The van der Waals surface area contributed by atoms with Crippen LogP contribution in [0, 0.1) is 16.7 Å². The van der Waals surface area contributed by atoms with Gasteiger partial charge in [-0.25, -0.2) is 4.99 Å². The molecule has 0 amide bonds. The molecule has 2 heterocycles. The second-order valence-corrected chi connectivity index (χ2v) is 5.41. The lowest BCUT2D eigenvalue weighted by atomic mass is 10.0. The van der Waals surface area contributed by atoms with Crippen LogP contribution in [0.3, 0.4) is 0 Å². The van der Waals surface area contributed by atoms with Gasteiger partial charge in [-0.15, -0.1) is 0 Å². The minimum atomic E-state index is 0.0497. The van der Waals surface area contributed by atoms with Gasteiger partial charge in [0.25, 0.3) is 0 Å². The van der Waals surface area contributed by atoms with Gasteiger partial charge in [-0.3, -0.25) is 10.1 Å². The Morgan fingerprint density at radius 1 is 1.40 bits per heavy atom. The van der Waals surface area contributed by atoms with Gasteiger partial charge in [-0.2, -0.15) is 15.5 Å². The van der Waals surface area contributed by atoms with Crippen LogP contribution in [-0.2, 0) is 13.6 Å². The lowest BCUT2D eigenvalue weighted by Crippen LogP contribution is -2.33. The van der Waals surface area contributed by atoms with Gasteiger partial charge in [0.05, 0.1) is 29.6 Å². The standard InChI is InChI=1S/C17H16N8/c1-25-6-5-13(24-25)10-21-23-15-8-14(22-17(20)16(15)19)12-4-2-3-11(7-12)9-18/h2-8,19,21H,10H2,1H3,(H2,20,22)/b19-16?,23-15-. The Bertz CT molecular complexity index is 955. The van der Waals surface area contributed by atoms with Crippen LogP contribution in [-0.4, -0.2) is 27.0 Å². The van der Waals surface area contributed by atoms with Crippen molar-refractivity contribution < 1.29 is 0 Å². The number of benzene rings is 1. The smallest absolute Gasteiger partial charge is 0.151 e. The molecule has 1 aliphatic rings. The zero-order valence-corrected chi connectivity index (χ0v) is 13.6. The lowest BCUT2D eigenvalue weighted by Gasteiger charge is -2.13. The summed E-state index contributed by atoms with van der Waals surface area (Å²) >= 11 is 0. The Balaban J connectivity index is 1.84. The number of aromatic nitrogens is 2. The molecule has 0 saturated carbocycles. The number of nitrogens with one attached hydrogen (secondary N) is 2. The summed E-state index contributed by atoms with van der Waals surface area (Å²) in [5, 5.41) is 25.5.